The summed E-state index contributed by atoms with van der Waals surface area (Å²) in [5.41, 5.74) is 5.27. The lowest BCUT2D eigenvalue weighted by Gasteiger charge is -2.11. The van der Waals surface area contributed by atoms with Crippen LogP contribution in [0.25, 0.3) is 29.2 Å². The van der Waals surface area contributed by atoms with Gasteiger partial charge in [-0.2, -0.15) is 0 Å². The van der Waals surface area contributed by atoms with Crippen LogP contribution in [0.15, 0.2) is 61.2 Å². The van der Waals surface area contributed by atoms with Crippen LogP contribution in [0.5, 0.6) is 0 Å². The molecule has 1 aromatic heterocycles. The van der Waals surface area contributed by atoms with Crippen molar-refractivity contribution in [2.75, 3.05) is 0 Å². The second kappa shape index (κ2) is 7.54. The first-order valence-electron chi connectivity index (χ1n) is 8.41. The molecule has 2 nitrogen and oxygen atoms in total. The highest BCUT2D eigenvalue weighted by Crippen LogP contribution is 2.29. The normalized spacial score (nSPS) is 11.2. The van der Waals surface area contributed by atoms with Crippen LogP contribution in [-0.2, 0) is 6.42 Å². The molecular weight excluding hydrogens is 328 g/mol. The van der Waals surface area contributed by atoms with Crippen molar-refractivity contribution >= 4 is 23.8 Å². The first kappa shape index (κ1) is 17.2. The Morgan fingerprint density at radius 1 is 1.08 bits per heavy atom. The second-order valence-corrected chi connectivity index (χ2v) is 6.21. The first-order valence-corrected chi connectivity index (χ1v) is 8.78. The first-order chi connectivity index (χ1) is 12.2. The Morgan fingerprint density at radius 3 is 2.32 bits per heavy atom. The molecule has 0 aliphatic heterocycles. The third kappa shape index (κ3) is 3.45. The molecule has 0 radical (unpaired) electrons. The number of aryl methyl sites for hydroxylation is 1. The molecule has 0 aliphatic carbocycles. The van der Waals surface area contributed by atoms with E-state index in [1.807, 2.05) is 49.4 Å². The minimum Gasteiger partial charge on any atom is -0.292 e. The maximum atomic E-state index is 6.06. The molecule has 0 fully saturated rings. The lowest BCUT2D eigenvalue weighted by molar-refractivity contribution is 1.05. The molecule has 3 heteroatoms. The minimum absolute atomic E-state index is 0.714. The van der Waals surface area contributed by atoms with E-state index in [1.165, 1.54) is 5.56 Å². The molecule has 0 aliphatic rings. The van der Waals surface area contributed by atoms with Gasteiger partial charge in [-0.3, -0.25) is 4.57 Å². The fraction of sp³-hybridized carbons (Fsp3) is 0.136. The molecule has 2 aromatic carbocycles. The number of nitrogens with zero attached hydrogens (tertiary/aromatic N) is 2. The maximum absolute atomic E-state index is 6.06. The van der Waals surface area contributed by atoms with Gasteiger partial charge in [0.25, 0.3) is 0 Å². The molecular formula is C22H21ClN2. The van der Waals surface area contributed by atoms with Crippen molar-refractivity contribution in [3.8, 4) is 17.1 Å². The van der Waals surface area contributed by atoms with Crippen LogP contribution in [0, 0.1) is 0 Å². The molecule has 3 aromatic rings. The number of hydrogen-bond acceptors (Lipinski definition) is 1. The minimum atomic E-state index is 0.714. The Hall–Kier alpha value is -2.58. The monoisotopic (exact) mass is 348 g/mol. The Labute approximate surface area is 154 Å². The molecule has 0 spiro atoms. The van der Waals surface area contributed by atoms with Gasteiger partial charge in [-0.25, -0.2) is 4.98 Å². The summed E-state index contributed by atoms with van der Waals surface area (Å²) < 4.78 is 2.12. The van der Waals surface area contributed by atoms with Gasteiger partial charge in [-0.1, -0.05) is 55.4 Å². The Balaban J connectivity index is 2.25. The number of hydrogen-bond donors (Lipinski definition) is 0. The standard InChI is InChI=1S/C22H21ClN2/c1-4-7-20-21(6-3)25(19-14-12-18(23)13-15-19)22(24-20)17-10-8-16(5-2)9-11-17/h4,6-15H,3,5H2,1-2H3/b7-4-. The number of halogens is 1. The largest absolute Gasteiger partial charge is 0.292 e. The fourth-order valence-corrected chi connectivity index (χ4v) is 2.99. The van der Waals surface area contributed by atoms with Crippen molar-refractivity contribution in [1.29, 1.82) is 0 Å². The smallest absolute Gasteiger partial charge is 0.145 e. The number of benzene rings is 2. The molecule has 1 heterocycles. The van der Waals surface area contributed by atoms with Crippen molar-refractivity contribution < 1.29 is 0 Å². The topological polar surface area (TPSA) is 17.8 Å². The quantitative estimate of drug-likeness (QED) is 0.519. The zero-order chi connectivity index (χ0) is 17.8. The van der Waals surface area contributed by atoms with E-state index in [-0.39, 0.29) is 0 Å². The molecule has 3 rings (SSSR count). The van der Waals surface area contributed by atoms with Crippen LogP contribution in [-0.4, -0.2) is 9.55 Å². The van der Waals surface area contributed by atoms with Gasteiger partial charge in [0.05, 0.1) is 11.4 Å². The van der Waals surface area contributed by atoms with Crippen molar-refractivity contribution in [2.45, 2.75) is 20.3 Å². The lowest BCUT2D eigenvalue weighted by atomic mass is 10.1. The lowest BCUT2D eigenvalue weighted by Crippen LogP contribution is -2.00. The van der Waals surface area contributed by atoms with Gasteiger partial charge >= 0.3 is 0 Å². The van der Waals surface area contributed by atoms with Crippen LogP contribution >= 0.6 is 11.6 Å². The van der Waals surface area contributed by atoms with Gasteiger partial charge in [-0.05, 0) is 55.3 Å². The van der Waals surface area contributed by atoms with E-state index in [2.05, 4.69) is 42.3 Å². The maximum Gasteiger partial charge on any atom is 0.145 e. The van der Waals surface area contributed by atoms with Crippen molar-refractivity contribution in [3.63, 3.8) is 0 Å². The fourth-order valence-electron chi connectivity index (χ4n) is 2.86. The summed E-state index contributed by atoms with van der Waals surface area (Å²) >= 11 is 6.06. The molecule has 0 saturated carbocycles. The summed E-state index contributed by atoms with van der Waals surface area (Å²) in [6.45, 7) is 8.14. The summed E-state index contributed by atoms with van der Waals surface area (Å²) in [6, 6.07) is 16.3. The predicted molar refractivity (Wildman–Crippen MR) is 108 cm³/mol. The number of rotatable bonds is 5. The van der Waals surface area contributed by atoms with Gasteiger partial charge in [-0.15, -0.1) is 0 Å². The highest BCUT2D eigenvalue weighted by molar-refractivity contribution is 6.30. The van der Waals surface area contributed by atoms with Gasteiger partial charge in [0, 0.05) is 16.3 Å². The van der Waals surface area contributed by atoms with Gasteiger partial charge in [0.15, 0.2) is 0 Å². The van der Waals surface area contributed by atoms with E-state index >= 15 is 0 Å². The van der Waals surface area contributed by atoms with Gasteiger partial charge in [0.1, 0.15) is 5.82 Å². The number of aromatic nitrogens is 2. The predicted octanol–water partition coefficient (Wildman–Crippen LogP) is 6.43. The summed E-state index contributed by atoms with van der Waals surface area (Å²) in [5.74, 6) is 0.896. The highest BCUT2D eigenvalue weighted by Gasteiger charge is 2.16. The van der Waals surface area contributed by atoms with Gasteiger partial charge in [0.2, 0.25) is 0 Å². The average Bonchev–Trinajstić information content (AvgIpc) is 3.01. The van der Waals surface area contributed by atoms with Crippen LogP contribution in [0.3, 0.4) is 0 Å². The third-order valence-corrected chi connectivity index (χ3v) is 4.42. The molecule has 25 heavy (non-hydrogen) atoms. The molecule has 0 N–H and O–H groups in total. The zero-order valence-corrected chi connectivity index (χ0v) is 15.3. The van der Waals surface area contributed by atoms with Crippen LogP contribution in [0.2, 0.25) is 5.02 Å². The molecule has 0 saturated heterocycles. The zero-order valence-electron chi connectivity index (χ0n) is 14.5. The highest BCUT2D eigenvalue weighted by atomic mass is 35.5. The Bertz CT molecular complexity index is 900. The van der Waals surface area contributed by atoms with E-state index in [1.54, 1.807) is 0 Å². The molecule has 126 valence electrons. The summed E-state index contributed by atoms with van der Waals surface area (Å²) in [6.07, 6.45) is 6.87. The Morgan fingerprint density at radius 2 is 1.76 bits per heavy atom. The van der Waals surface area contributed by atoms with E-state index < -0.39 is 0 Å². The number of allylic oxidation sites excluding steroid dienone is 1. The van der Waals surface area contributed by atoms with Crippen molar-refractivity contribution in [3.05, 3.63) is 83.2 Å². The van der Waals surface area contributed by atoms with Crippen LogP contribution < -0.4 is 0 Å². The molecule has 0 atom stereocenters. The van der Waals surface area contributed by atoms with Crippen molar-refractivity contribution in [2.24, 2.45) is 0 Å². The number of imidazole rings is 1. The van der Waals surface area contributed by atoms with E-state index in [4.69, 9.17) is 16.6 Å². The van der Waals surface area contributed by atoms with Crippen LogP contribution in [0.4, 0.5) is 0 Å². The SMILES string of the molecule is C=Cc1c(/C=C\C)nc(-c2ccc(CC)cc2)n1-c1ccc(Cl)cc1. The third-order valence-electron chi connectivity index (χ3n) is 4.16. The van der Waals surface area contributed by atoms with Crippen molar-refractivity contribution in [1.82, 2.24) is 9.55 Å². The summed E-state index contributed by atoms with van der Waals surface area (Å²) in [7, 11) is 0. The molecule has 0 amide bonds. The van der Waals surface area contributed by atoms with E-state index in [0.717, 1.165) is 34.9 Å². The van der Waals surface area contributed by atoms with Gasteiger partial charge < -0.3 is 0 Å². The average molecular weight is 349 g/mol. The second-order valence-electron chi connectivity index (χ2n) is 5.77. The van der Waals surface area contributed by atoms with E-state index in [9.17, 15) is 0 Å². The summed E-state index contributed by atoms with van der Waals surface area (Å²) in [4.78, 5) is 4.87. The molecule has 0 unspecified atom stereocenters. The van der Waals surface area contributed by atoms with E-state index in [0.29, 0.717) is 5.02 Å². The Kier molecular flexibility index (Phi) is 5.20. The molecule has 0 bridgehead atoms. The van der Waals surface area contributed by atoms with Crippen LogP contribution in [0.1, 0.15) is 30.8 Å². The summed E-state index contributed by atoms with van der Waals surface area (Å²) in [5, 5.41) is 0.714.